The van der Waals surface area contributed by atoms with Crippen LogP contribution in [0.25, 0.3) is 11.1 Å². The third-order valence-electron chi connectivity index (χ3n) is 3.06. The molecule has 0 atom stereocenters. The SMILES string of the molecule is COc1cc(C)cc(C)c1-c1ccc(C=O)cc1Cl. The molecule has 0 aromatic heterocycles. The average molecular weight is 275 g/mol. The van der Waals surface area contributed by atoms with E-state index in [1.807, 2.05) is 26.0 Å². The summed E-state index contributed by atoms with van der Waals surface area (Å²) in [5, 5.41) is 0.551. The topological polar surface area (TPSA) is 26.3 Å². The fraction of sp³-hybridized carbons (Fsp3) is 0.188. The largest absolute Gasteiger partial charge is 0.496 e. The fourth-order valence-electron chi connectivity index (χ4n) is 2.24. The van der Waals surface area contributed by atoms with E-state index in [-0.39, 0.29) is 0 Å². The molecule has 0 heterocycles. The van der Waals surface area contributed by atoms with Crippen LogP contribution in [0.15, 0.2) is 30.3 Å². The lowest BCUT2D eigenvalue weighted by Gasteiger charge is -2.14. The smallest absolute Gasteiger partial charge is 0.150 e. The second-order valence-corrected chi connectivity index (χ2v) is 4.92. The first-order chi connectivity index (χ1) is 9.06. The van der Waals surface area contributed by atoms with Crippen LogP contribution in [-0.4, -0.2) is 13.4 Å². The number of carbonyl (C=O) groups excluding carboxylic acids is 1. The first kappa shape index (κ1) is 13.6. The van der Waals surface area contributed by atoms with Gasteiger partial charge in [0.15, 0.2) is 0 Å². The number of aryl methyl sites for hydroxylation is 2. The molecule has 0 fully saturated rings. The number of hydrogen-bond donors (Lipinski definition) is 0. The Balaban J connectivity index is 2.68. The Kier molecular flexibility index (Phi) is 3.91. The Morgan fingerprint density at radius 2 is 1.89 bits per heavy atom. The summed E-state index contributed by atoms with van der Waals surface area (Å²) in [6.45, 7) is 4.05. The molecular weight excluding hydrogens is 260 g/mol. The number of ether oxygens (including phenoxy) is 1. The Labute approximate surface area is 118 Å². The molecule has 0 N–H and O–H groups in total. The second kappa shape index (κ2) is 5.45. The standard InChI is InChI=1S/C16H15ClO2/c1-10-6-11(2)16(15(7-10)19-3)13-5-4-12(9-18)8-14(13)17/h4-9H,1-3H3. The lowest BCUT2D eigenvalue weighted by Crippen LogP contribution is -1.94. The van der Waals surface area contributed by atoms with Crippen LogP contribution in [0.4, 0.5) is 0 Å². The zero-order valence-electron chi connectivity index (χ0n) is 11.2. The van der Waals surface area contributed by atoms with E-state index in [0.717, 1.165) is 34.3 Å². The monoisotopic (exact) mass is 274 g/mol. The summed E-state index contributed by atoms with van der Waals surface area (Å²) in [5.41, 5.74) is 4.64. The summed E-state index contributed by atoms with van der Waals surface area (Å²) in [6, 6.07) is 9.34. The summed E-state index contributed by atoms with van der Waals surface area (Å²) < 4.78 is 5.44. The summed E-state index contributed by atoms with van der Waals surface area (Å²) in [6.07, 6.45) is 0.787. The van der Waals surface area contributed by atoms with Crippen molar-refractivity contribution in [1.82, 2.24) is 0 Å². The molecule has 0 saturated carbocycles. The van der Waals surface area contributed by atoms with Crippen LogP contribution in [0.3, 0.4) is 0 Å². The van der Waals surface area contributed by atoms with Crippen LogP contribution < -0.4 is 4.74 Å². The lowest BCUT2D eigenvalue weighted by atomic mass is 9.96. The lowest BCUT2D eigenvalue weighted by molar-refractivity contribution is 0.112. The molecule has 0 radical (unpaired) electrons. The minimum absolute atomic E-state index is 0.551. The normalized spacial score (nSPS) is 10.3. The summed E-state index contributed by atoms with van der Waals surface area (Å²) in [4.78, 5) is 10.8. The highest BCUT2D eigenvalue weighted by molar-refractivity contribution is 6.33. The number of carbonyl (C=O) groups is 1. The van der Waals surface area contributed by atoms with Gasteiger partial charge in [0.25, 0.3) is 0 Å². The molecule has 0 unspecified atom stereocenters. The minimum Gasteiger partial charge on any atom is -0.496 e. The third kappa shape index (κ3) is 2.64. The van der Waals surface area contributed by atoms with E-state index in [1.165, 1.54) is 0 Å². The predicted octanol–water partition coefficient (Wildman–Crippen LogP) is 4.44. The number of aldehydes is 1. The highest BCUT2D eigenvalue weighted by Gasteiger charge is 2.13. The highest BCUT2D eigenvalue weighted by Crippen LogP contribution is 2.38. The van der Waals surface area contributed by atoms with Gasteiger partial charge in [0.05, 0.1) is 7.11 Å². The van der Waals surface area contributed by atoms with Crippen LogP contribution in [0.2, 0.25) is 5.02 Å². The van der Waals surface area contributed by atoms with E-state index in [1.54, 1.807) is 19.2 Å². The first-order valence-electron chi connectivity index (χ1n) is 5.97. The maximum absolute atomic E-state index is 10.8. The number of halogens is 1. The van der Waals surface area contributed by atoms with Gasteiger partial charge in [-0.1, -0.05) is 29.8 Å². The predicted molar refractivity (Wildman–Crippen MR) is 78.3 cm³/mol. The molecule has 19 heavy (non-hydrogen) atoms. The Morgan fingerprint density at radius 1 is 1.16 bits per heavy atom. The summed E-state index contributed by atoms with van der Waals surface area (Å²) >= 11 is 6.27. The van der Waals surface area contributed by atoms with Crippen LogP contribution in [0, 0.1) is 13.8 Å². The van der Waals surface area contributed by atoms with Crippen LogP contribution in [0.5, 0.6) is 5.75 Å². The maximum Gasteiger partial charge on any atom is 0.150 e. The minimum atomic E-state index is 0.551. The zero-order chi connectivity index (χ0) is 14.0. The van der Waals surface area contributed by atoms with E-state index in [0.29, 0.717) is 10.6 Å². The van der Waals surface area contributed by atoms with E-state index >= 15 is 0 Å². The number of benzene rings is 2. The zero-order valence-corrected chi connectivity index (χ0v) is 11.9. The van der Waals surface area contributed by atoms with Crippen molar-refractivity contribution in [3.05, 3.63) is 52.0 Å². The van der Waals surface area contributed by atoms with E-state index in [2.05, 4.69) is 6.07 Å². The van der Waals surface area contributed by atoms with Gasteiger partial charge in [-0.25, -0.2) is 0 Å². The van der Waals surface area contributed by atoms with E-state index in [4.69, 9.17) is 16.3 Å². The van der Waals surface area contributed by atoms with Gasteiger partial charge < -0.3 is 4.74 Å². The molecule has 0 aliphatic carbocycles. The maximum atomic E-state index is 10.8. The molecule has 3 heteroatoms. The quantitative estimate of drug-likeness (QED) is 0.773. The molecule has 2 aromatic rings. The Hall–Kier alpha value is -1.80. The molecule has 0 aliphatic rings. The van der Waals surface area contributed by atoms with Crippen molar-refractivity contribution in [1.29, 1.82) is 0 Å². The Bertz CT molecular complexity index is 633. The molecule has 0 spiro atoms. The molecule has 2 aromatic carbocycles. The van der Waals surface area contributed by atoms with Crippen molar-refractivity contribution in [2.75, 3.05) is 7.11 Å². The van der Waals surface area contributed by atoms with E-state index < -0.39 is 0 Å². The van der Waals surface area contributed by atoms with Gasteiger partial charge in [-0.2, -0.15) is 0 Å². The van der Waals surface area contributed by atoms with Gasteiger partial charge in [0.1, 0.15) is 12.0 Å². The molecule has 0 saturated heterocycles. The van der Waals surface area contributed by atoms with E-state index in [9.17, 15) is 4.79 Å². The number of methoxy groups -OCH3 is 1. The van der Waals surface area contributed by atoms with Crippen molar-refractivity contribution in [3.8, 4) is 16.9 Å². The molecule has 98 valence electrons. The van der Waals surface area contributed by atoms with Gasteiger partial charge in [-0.3, -0.25) is 4.79 Å². The van der Waals surface area contributed by atoms with Crippen LogP contribution in [-0.2, 0) is 0 Å². The summed E-state index contributed by atoms with van der Waals surface area (Å²) in [7, 11) is 1.64. The van der Waals surface area contributed by atoms with Gasteiger partial charge in [0, 0.05) is 21.7 Å². The van der Waals surface area contributed by atoms with Crippen molar-refractivity contribution in [3.63, 3.8) is 0 Å². The third-order valence-corrected chi connectivity index (χ3v) is 3.37. The Morgan fingerprint density at radius 3 is 2.47 bits per heavy atom. The van der Waals surface area contributed by atoms with Crippen LogP contribution >= 0.6 is 11.6 Å². The van der Waals surface area contributed by atoms with Crippen molar-refractivity contribution < 1.29 is 9.53 Å². The van der Waals surface area contributed by atoms with Gasteiger partial charge >= 0.3 is 0 Å². The van der Waals surface area contributed by atoms with Gasteiger partial charge in [-0.05, 0) is 37.1 Å². The molecule has 0 bridgehead atoms. The number of hydrogen-bond acceptors (Lipinski definition) is 2. The van der Waals surface area contributed by atoms with Gasteiger partial charge in [0.2, 0.25) is 0 Å². The van der Waals surface area contributed by atoms with Crippen molar-refractivity contribution in [2.24, 2.45) is 0 Å². The molecule has 0 aliphatic heterocycles. The molecule has 2 nitrogen and oxygen atoms in total. The molecular formula is C16H15ClO2. The number of rotatable bonds is 3. The van der Waals surface area contributed by atoms with Gasteiger partial charge in [-0.15, -0.1) is 0 Å². The average Bonchev–Trinajstić information content (AvgIpc) is 2.38. The van der Waals surface area contributed by atoms with Crippen molar-refractivity contribution >= 4 is 17.9 Å². The molecule has 2 rings (SSSR count). The molecule has 0 amide bonds. The fourth-order valence-corrected chi connectivity index (χ4v) is 2.53. The van der Waals surface area contributed by atoms with Crippen LogP contribution in [0.1, 0.15) is 21.5 Å². The summed E-state index contributed by atoms with van der Waals surface area (Å²) in [5.74, 6) is 0.790. The second-order valence-electron chi connectivity index (χ2n) is 4.52. The first-order valence-corrected chi connectivity index (χ1v) is 6.35. The van der Waals surface area contributed by atoms with Crippen molar-refractivity contribution in [2.45, 2.75) is 13.8 Å². The highest BCUT2D eigenvalue weighted by atomic mass is 35.5.